The number of aryl methyl sites for hydroxylation is 2. The molecule has 0 aliphatic carbocycles. The standard InChI is InChI=1S/C20H18BrN3O3S/c21-15-6-8-16(9-7-15)28-13-18(25)22-17-12-24(23-19(17)20(26)27)11-10-14-4-2-1-3-5-14/h1-9,12H,10-11,13H2,(H,22,25)(H,26,27)/p-1. The van der Waals surface area contributed by atoms with Gasteiger partial charge in [0.15, 0.2) is 0 Å². The second kappa shape index (κ2) is 9.57. The van der Waals surface area contributed by atoms with Crippen LogP contribution < -0.4 is 10.4 Å². The van der Waals surface area contributed by atoms with E-state index in [0.29, 0.717) is 13.0 Å². The highest BCUT2D eigenvalue weighted by Crippen LogP contribution is 2.21. The number of rotatable bonds is 8. The lowest BCUT2D eigenvalue weighted by atomic mass is 10.1. The zero-order valence-electron chi connectivity index (χ0n) is 14.8. The number of benzene rings is 2. The first-order chi connectivity index (χ1) is 13.5. The molecule has 2 aromatic carbocycles. The molecule has 3 aromatic rings. The van der Waals surface area contributed by atoms with Gasteiger partial charge < -0.3 is 15.2 Å². The largest absolute Gasteiger partial charge is 0.543 e. The second-order valence-electron chi connectivity index (χ2n) is 5.97. The topological polar surface area (TPSA) is 87.0 Å². The highest BCUT2D eigenvalue weighted by Gasteiger charge is 2.13. The summed E-state index contributed by atoms with van der Waals surface area (Å²) in [7, 11) is 0. The number of carboxylic acid groups (broad SMARTS) is 1. The molecule has 0 aliphatic heterocycles. The third kappa shape index (κ3) is 5.71. The average Bonchev–Trinajstić information content (AvgIpc) is 3.10. The van der Waals surface area contributed by atoms with E-state index in [0.717, 1.165) is 14.9 Å². The monoisotopic (exact) mass is 458 g/mol. The van der Waals surface area contributed by atoms with E-state index in [4.69, 9.17) is 0 Å². The number of nitrogens with one attached hydrogen (secondary N) is 1. The molecule has 1 amide bonds. The quantitative estimate of drug-likeness (QED) is 0.524. The van der Waals surface area contributed by atoms with E-state index < -0.39 is 5.97 Å². The van der Waals surface area contributed by atoms with Gasteiger partial charge in [-0.2, -0.15) is 5.10 Å². The Labute approximate surface area is 175 Å². The van der Waals surface area contributed by atoms with Gasteiger partial charge in [0.1, 0.15) is 5.69 Å². The van der Waals surface area contributed by atoms with Crippen LogP contribution in [0, 0.1) is 0 Å². The predicted molar refractivity (Wildman–Crippen MR) is 110 cm³/mol. The SMILES string of the molecule is O=C(CSc1ccc(Br)cc1)Nc1cn(CCc2ccccc2)nc1C(=O)[O-]. The molecule has 8 heteroatoms. The molecule has 0 bridgehead atoms. The fourth-order valence-electron chi connectivity index (χ4n) is 2.53. The van der Waals surface area contributed by atoms with Crippen LogP contribution in [0.2, 0.25) is 0 Å². The van der Waals surface area contributed by atoms with Gasteiger partial charge in [0, 0.05) is 22.1 Å². The Morgan fingerprint density at radius 2 is 1.82 bits per heavy atom. The van der Waals surface area contributed by atoms with Crippen LogP contribution in [0.3, 0.4) is 0 Å². The molecule has 0 radical (unpaired) electrons. The van der Waals surface area contributed by atoms with E-state index in [-0.39, 0.29) is 23.0 Å². The van der Waals surface area contributed by atoms with E-state index in [1.165, 1.54) is 22.6 Å². The van der Waals surface area contributed by atoms with Crippen molar-refractivity contribution in [1.82, 2.24) is 9.78 Å². The smallest absolute Gasteiger partial charge is 0.234 e. The van der Waals surface area contributed by atoms with Crippen LogP contribution >= 0.6 is 27.7 Å². The lowest BCUT2D eigenvalue weighted by molar-refractivity contribution is -0.255. The number of carbonyl (C=O) groups is 2. The number of halogens is 1. The van der Waals surface area contributed by atoms with Crippen molar-refractivity contribution in [2.75, 3.05) is 11.1 Å². The van der Waals surface area contributed by atoms with Crippen LogP contribution in [0.15, 0.2) is 70.2 Å². The Kier molecular flexibility index (Phi) is 6.89. The van der Waals surface area contributed by atoms with Gasteiger partial charge in [-0.05, 0) is 36.2 Å². The molecule has 1 aromatic heterocycles. The first-order valence-electron chi connectivity index (χ1n) is 8.52. The summed E-state index contributed by atoms with van der Waals surface area (Å²) < 4.78 is 2.47. The normalized spacial score (nSPS) is 10.6. The van der Waals surface area contributed by atoms with E-state index >= 15 is 0 Å². The average molecular weight is 459 g/mol. The molecule has 0 atom stereocenters. The van der Waals surface area contributed by atoms with Gasteiger partial charge in [0.05, 0.1) is 17.4 Å². The fraction of sp³-hybridized carbons (Fsp3) is 0.150. The number of amides is 1. The zero-order chi connectivity index (χ0) is 19.9. The zero-order valence-corrected chi connectivity index (χ0v) is 17.2. The third-order valence-electron chi connectivity index (χ3n) is 3.89. The second-order valence-corrected chi connectivity index (χ2v) is 7.93. The molecular formula is C20H17BrN3O3S-. The van der Waals surface area contributed by atoms with Crippen molar-refractivity contribution in [2.24, 2.45) is 0 Å². The maximum absolute atomic E-state index is 12.2. The molecule has 0 unspecified atom stereocenters. The molecule has 28 heavy (non-hydrogen) atoms. The molecule has 1 N–H and O–H groups in total. The van der Waals surface area contributed by atoms with Crippen LogP contribution in [-0.2, 0) is 17.8 Å². The molecule has 0 spiro atoms. The summed E-state index contributed by atoms with van der Waals surface area (Å²) in [6, 6.07) is 17.4. The van der Waals surface area contributed by atoms with Crippen LogP contribution in [-0.4, -0.2) is 27.4 Å². The summed E-state index contributed by atoms with van der Waals surface area (Å²) in [5.41, 5.74) is 0.994. The lowest BCUT2D eigenvalue weighted by Crippen LogP contribution is -2.25. The molecule has 0 saturated carbocycles. The number of carbonyl (C=O) groups excluding carboxylic acids is 2. The molecule has 144 valence electrons. The Hall–Kier alpha value is -2.58. The van der Waals surface area contributed by atoms with Crippen molar-refractivity contribution >= 4 is 45.3 Å². The first-order valence-corrected chi connectivity index (χ1v) is 10.3. The summed E-state index contributed by atoms with van der Waals surface area (Å²) in [5, 5.41) is 18.0. The molecule has 0 fully saturated rings. The van der Waals surface area contributed by atoms with Crippen molar-refractivity contribution in [2.45, 2.75) is 17.9 Å². The van der Waals surface area contributed by atoms with E-state index in [1.807, 2.05) is 54.6 Å². The predicted octanol–water partition coefficient (Wildman–Crippen LogP) is 2.98. The van der Waals surface area contributed by atoms with E-state index in [1.54, 1.807) is 0 Å². The highest BCUT2D eigenvalue weighted by atomic mass is 79.9. The molecule has 3 rings (SSSR count). The Balaban J connectivity index is 1.61. The Morgan fingerprint density at radius 3 is 2.50 bits per heavy atom. The maximum Gasteiger partial charge on any atom is 0.234 e. The van der Waals surface area contributed by atoms with Crippen LogP contribution in [0.4, 0.5) is 5.69 Å². The van der Waals surface area contributed by atoms with E-state index in [9.17, 15) is 14.7 Å². The molecule has 0 aliphatic rings. The van der Waals surface area contributed by atoms with Gasteiger partial charge in [-0.25, -0.2) is 0 Å². The number of anilines is 1. The minimum atomic E-state index is -1.42. The fourth-order valence-corrected chi connectivity index (χ4v) is 3.50. The van der Waals surface area contributed by atoms with Crippen molar-refractivity contribution in [3.63, 3.8) is 0 Å². The van der Waals surface area contributed by atoms with Gasteiger partial charge in [-0.15, -0.1) is 11.8 Å². The van der Waals surface area contributed by atoms with Gasteiger partial charge in [-0.1, -0.05) is 46.3 Å². The summed E-state index contributed by atoms with van der Waals surface area (Å²) in [6.45, 7) is 0.494. The van der Waals surface area contributed by atoms with Gasteiger partial charge >= 0.3 is 0 Å². The van der Waals surface area contributed by atoms with Crippen molar-refractivity contribution in [1.29, 1.82) is 0 Å². The Bertz CT molecular complexity index is 959. The third-order valence-corrected chi connectivity index (χ3v) is 5.43. The number of hydrogen-bond donors (Lipinski definition) is 1. The van der Waals surface area contributed by atoms with Crippen molar-refractivity contribution in [3.05, 3.63) is 76.5 Å². The number of aromatic carboxylic acids is 1. The highest BCUT2D eigenvalue weighted by molar-refractivity contribution is 9.10. The molecule has 6 nitrogen and oxygen atoms in total. The summed E-state index contributed by atoms with van der Waals surface area (Å²) in [6.07, 6.45) is 2.22. The number of aromatic nitrogens is 2. The number of hydrogen-bond acceptors (Lipinski definition) is 5. The van der Waals surface area contributed by atoms with Gasteiger partial charge in [0.2, 0.25) is 5.91 Å². The van der Waals surface area contributed by atoms with Gasteiger partial charge in [-0.3, -0.25) is 9.48 Å². The minimum absolute atomic E-state index is 0.148. The van der Waals surface area contributed by atoms with Crippen LogP contribution in [0.25, 0.3) is 0 Å². The number of thioether (sulfide) groups is 1. The van der Waals surface area contributed by atoms with Crippen LogP contribution in [0.5, 0.6) is 0 Å². The lowest BCUT2D eigenvalue weighted by Gasteiger charge is -2.05. The molecular weight excluding hydrogens is 442 g/mol. The van der Waals surface area contributed by atoms with Crippen molar-refractivity contribution in [3.8, 4) is 0 Å². The minimum Gasteiger partial charge on any atom is -0.543 e. The van der Waals surface area contributed by atoms with Crippen molar-refractivity contribution < 1.29 is 14.7 Å². The number of carboxylic acids is 1. The van der Waals surface area contributed by atoms with E-state index in [2.05, 4.69) is 26.3 Å². The van der Waals surface area contributed by atoms with Gasteiger partial charge in [0.25, 0.3) is 0 Å². The maximum atomic E-state index is 12.2. The summed E-state index contributed by atoms with van der Waals surface area (Å²) in [5.74, 6) is -1.57. The van der Waals surface area contributed by atoms with Crippen LogP contribution in [0.1, 0.15) is 16.1 Å². The summed E-state index contributed by atoms with van der Waals surface area (Å²) in [4.78, 5) is 24.5. The first kappa shape index (κ1) is 20.2. The molecule has 0 saturated heterocycles. The number of nitrogens with zero attached hydrogens (tertiary/aromatic N) is 2. The Morgan fingerprint density at radius 1 is 1.11 bits per heavy atom. The molecule has 1 heterocycles. The summed E-state index contributed by atoms with van der Waals surface area (Å²) >= 11 is 4.72.